The summed E-state index contributed by atoms with van der Waals surface area (Å²) >= 11 is 1.34. The molecule has 0 saturated heterocycles. The monoisotopic (exact) mass is 543 g/mol. The first-order valence-electron chi connectivity index (χ1n) is 12.8. The molecule has 0 fully saturated rings. The highest BCUT2D eigenvalue weighted by Crippen LogP contribution is 2.39. The molecule has 2 unspecified atom stereocenters. The lowest BCUT2D eigenvalue weighted by atomic mass is 9.88. The zero-order valence-electron chi connectivity index (χ0n) is 21.8. The Hall–Kier alpha value is -4.18. The van der Waals surface area contributed by atoms with E-state index in [0.29, 0.717) is 33.8 Å². The first-order valence-corrected chi connectivity index (χ1v) is 13.8. The van der Waals surface area contributed by atoms with Crippen LogP contribution in [0.1, 0.15) is 31.0 Å². The standard InChI is InChI=1S/C29H30FN7OS/c1-4-36(5-2)23-14-12-20(13-15-23)26-25(27(38)33-22-10-8-16-31-17-22)19(3)32-28-34-29(35-37(26)28)39-18-21-9-6-7-11-24(21)30/h6-17,25-26H,3-5,18H2,1-2H3,(H,33,38)(H,32,34,35). The van der Waals surface area contributed by atoms with E-state index in [1.54, 1.807) is 47.4 Å². The summed E-state index contributed by atoms with van der Waals surface area (Å²) in [6.45, 7) is 10.2. The molecule has 0 radical (unpaired) electrons. The average Bonchev–Trinajstić information content (AvgIpc) is 3.36. The summed E-state index contributed by atoms with van der Waals surface area (Å²) in [6, 6.07) is 17.9. The van der Waals surface area contributed by atoms with Crippen molar-refractivity contribution in [2.45, 2.75) is 30.8 Å². The van der Waals surface area contributed by atoms with Gasteiger partial charge in [0.1, 0.15) is 11.7 Å². The minimum atomic E-state index is -0.678. The Morgan fingerprint density at radius 1 is 1.13 bits per heavy atom. The molecule has 10 heteroatoms. The van der Waals surface area contributed by atoms with E-state index in [-0.39, 0.29) is 11.7 Å². The predicted octanol–water partition coefficient (Wildman–Crippen LogP) is 5.73. The highest BCUT2D eigenvalue weighted by Gasteiger charge is 2.40. The molecule has 4 aromatic rings. The smallest absolute Gasteiger partial charge is 0.236 e. The van der Waals surface area contributed by atoms with Gasteiger partial charge in [-0.3, -0.25) is 9.78 Å². The molecule has 0 spiro atoms. The van der Waals surface area contributed by atoms with Crippen molar-refractivity contribution in [3.63, 3.8) is 0 Å². The summed E-state index contributed by atoms with van der Waals surface area (Å²) in [4.78, 5) is 24.6. The van der Waals surface area contributed by atoms with E-state index in [2.05, 4.69) is 58.1 Å². The first kappa shape index (κ1) is 26.4. The third-order valence-electron chi connectivity index (χ3n) is 6.73. The van der Waals surface area contributed by atoms with E-state index in [1.165, 1.54) is 17.8 Å². The zero-order valence-corrected chi connectivity index (χ0v) is 22.7. The largest absolute Gasteiger partial charge is 0.372 e. The SMILES string of the molecule is C=C1Nc2nc(SCc3ccccc3F)nn2C(c2ccc(N(CC)CC)cc2)C1C(=O)Nc1cccnc1. The Balaban J connectivity index is 1.49. The molecule has 0 aliphatic carbocycles. The number of carbonyl (C=O) groups is 1. The van der Waals surface area contributed by atoms with Crippen LogP contribution >= 0.6 is 11.8 Å². The number of hydrogen-bond acceptors (Lipinski definition) is 7. The van der Waals surface area contributed by atoms with Gasteiger partial charge in [0.15, 0.2) is 0 Å². The quantitative estimate of drug-likeness (QED) is 0.261. The summed E-state index contributed by atoms with van der Waals surface area (Å²) in [5.41, 5.74) is 3.69. The number of thioether (sulfide) groups is 1. The van der Waals surface area contributed by atoms with Gasteiger partial charge in [-0.15, -0.1) is 5.10 Å². The van der Waals surface area contributed by atoms with Crippen LogP contribution in [-0.4, -0.2) is 38.7 Å². The van der Waals surface area contributed by atoms with Crippen molar-refractivity contribution in [1.29, 1.82) is 0 Å². The van der Waals surface area contributed by atoms with Gasteiger partial charge in [-0.25, -0.2) is 9.07 Å². The number of nitrogens with zero attached hydrogens (tertiary/aromatic N) is 5. The highest BCUT2D eigenvalue weighted by atomic mass is 32.2. The van der Waals surface area contributed by atoms with Gasteiger partial charge in [0.2, 0.25) is 17.0 Å². The van der Waals surface area contributed by atoms with Crippen LogP contribution < -0.4 is 15.5 Å². The topological polar surface area (TPSA) is 88.0 Å². The minimum absolute atomic E-state index is 0.236. The molecular formula is C29H30FN7OS. The summed E-state index contributed by atoms with van der Waals surface area (Å²) in [5.74, 6) is -0.313. The second kappa shape index (κ2) is 11.7. The highest BCUT2D eigenvalue weighted by molar-refractivity contribution is 7.98. The van der Waals surface area contributed by atoms with Crippen LogP contribution in [0.3, 0.4) is 0 Å². The lowest BCUT2D eigenvalue weighted by Gasteiger charge is -2.34. The van der Waals surface area contributed by atoms with Crippen LogP contribution in [0.5, 0.6) is 0 Å². The van der Waals surface area contributed by atoms with E-state index in [0.717, 1.165) is 24.3 Å². The predicted molar refractivity (Wildman–Crippen MR) is 153 cm³/mol. The number of rotatable bonds is 9. The molecule has 0 bridgehead atoms. The van der Waals surface area contributed by atoms with E-state index in [9.17, 15) is 9.18 Å². The molecule has 39 heavy (non-hydrogen) atoms. The van der Waals surface area contributed by atoms with Crippen LogP contribution in [0.25, 0.3) is 0 Å². The number of nitrogens with one attached hydrogen (secondary N) is 2. The number of benzene rings is 2. The lowest BCUT2D eigenvalue weighted by Crippen LogP contribution is -2.39. The summed E-state index contributed by atoms with van der Waals surface area (Å²) in [7, 11) is 0. The number of fused-ring (bicyclic) bond motifs is 1. The maximum absolute atomic E-state index is 14.2. The zero-order chi connectivity index (χ0) is 27.4. The number of carbonyl (C=O) groups excluding carboxylic acids is 1. The molecule has 1 aliphatic heterocycles. The molecule has 200 valence electrons. The van der Waals surface area contributed by atoms with Gasteiger partial charge in [0.25, 0.3) is 0 Å². The average molecular weight is 544 g/mol. The number of aromatic nitrogens is 4. The molecule has 2 N–H and O–H groups in total. The van der Waals surface area contributed by atoms with Gasteiger partial charge < -0.3 is 15.5 Å². The Morgan fingerprint density at radius 2 is 1.90 bits per heavy atom. The van der Waals surface area contributed by atoms with Crippen LogP contribution in [0.15, 0.2) is 90.5 Å². The van der Waals surface area contributed by atoms with Crippen LogP contribution in [0.4, 0.5) is 21.7 Å². The van der Waals surface area contributed by atoms with Crippen molar-refractivity contribution >= 4 is 35.0 Å². The molecule has 1 aliphatic rings. The van der Waals surface area contributed by atoms with E-state index < -0.39 is 12.0 Å². The van der Waals surface area contributed by atoms with Crippen molar-refractivity contribution in [2.24, 2.45) is 5.92 Å². The third-order valence-corrected chi connectivity index (χ3v) is 7.61. The number of halogens is 1. The normalized spacial score (nSPS) is 16.3. The van der Waals surface area contributed by atoms with Crippen molar-refractivity contribution < 1.29 is 9.18 Å². The maximum atomic E-state index is 14.2. The molecule has 0 saturated carbocycles. The van der Waals surface area contributed by atoms with E-state index >= 15 is 0 Å². The van der Waals surface area contributed by atoms with Gasteiger partial charge in [0.05, 0.1) is 17.9 Å². The number of hydrogen-bond donors (Lipinski definition) is 2. The summed E-state index contributed by atoms with van der Waals surface area (Å²) < 4.78 is 15.9. The molecule has 5 rings (SSSR count). The number of pyridine rings is 1. The Bertz CT molecular complexity index is 1450. The Morgan fingerprint density at radius 3 is 2.59 bits per heavy atom. The van der Waals surface area contributed by atoms with Gasteiger partial charge in [0, 0.05) is 36.4 Å². The van der Waals surface area contributed by atoms with Crippen LogP contribution in [0.2, 0.25) is 0 Å². The summed E-state index contributed by atoms with van der Waals surface area (Å²) in [6.07, 6.45) is 3.25. The third kappa shape index (κ3) is 5.65. The first-order chi connectivity index (χ1) is 19.0. The van der Waals surface area contributed by atoms with Gasteiger partial charge in [-0.2, -0.15) is 4.98 Å². The second-order valence-electron chi connectivity index (χ2n) is 9.11. The van der Waals surface area contributed by atoms with Crippen LogP contribution in [0, 0.1) is 11.7 Å². The number of amides is 1. The molecular weight excluding hydrogens is 513 g/mol. The molecule has 2 aromatic carbocycles. The lowest BCUT2D eigenvalue weighted by molar-refractivity contribution is -0.119. The van der Waals surface area contributed by atoms with Crippen molar-refractivity contribution in [2.75, 3.05) is 28.6 Å². The molecule has 8 nitrogen and oxygen atoms in total. The van der Waals surface area contributed by atoms with Gasteiger partial charge in [-0.1, -0.05) is 48.7 Å². The second-order valence-corrected chi connectivity index (χ2v) is 10.1. The van der Waals surface area contributed by atoms with Crippen molar-refractivity contribution in [3.05, 3.63) is 102 Å². The van der Waals surface area contributed by atoms with Crippen LogP contribution in [-0.2, 0) is 10.5 Å². The van der Waals surface area contributed by atoms with E-state index in [4.69, 9.17) is 5.10 Å². The van der Waals surface area contributed by atoms with Crippen molar-refractivity contribution in [3.8, 4) is 0 Å². The minimum Gasteiger partial charge on any atom is -0.372 e. The molecule has 2 aromatic heterocycles. The maximum Gasteiger partial charge on any atom is 0.236 e. The van der Waals surface area contributed by atoms with Gasteiger partial charge >= 0.3 is 0 Å². The van der Waals surface area contributed by atoms with Gasteiger partial charge in [-0.05, 0) is 55.3 Å². The molecule has 1 amide bonds. The Labute approximate surface area is 231 Å². The molecule has 2 atom stereocenters. The molecule has 3 heterocycles. The Kier molecular flexibility index (Phi) is 7.92. The number of anilines is 3. The summed E-state index contributed by atoms with van der Waals surface area (Å²) in [5, 5.41) is 11.4. The fourth-order valence-corrected chi connectivity index (χ4v) is 5.53. The van der Waals surface area contributed by atoms with E-state index in [1.807, 2.05) is 12.1 Å². The fourth-order valence-electron chi connectivity index (χ4n) is 4.72. The van der Waals surface area contributed by atoms with Crippen molar-refractivity contribution in [1.82, 2.24) is 19.7 Å². The fraction of sp³-hybridized carbons (Fsp3) is 0.241.